The molecule has 2 aromatic carbocycles. The van der Waals surface area contributed by atoms with Crippen LogP contribution in [0.15, 0.2) is 61.2 Å². The minimum atomic E-state index is -0.174. The highest BCUT2D eigenvalue weighted by Crippen LogP contribution is 2.26. The summed E-state index contributed by atoms with van der Waals surface area (Å²) in [5, 5.41) is 18.7. The lowest BCUT2D eigenvalue weighted by molar-refractivity contribution is -0.123. The summed E-state index contributed by atoms with van der Waals surface area (Å²) in [4.78, 5) is 20.8. The maximum Gasteiger partial charge on any atom is 0.258 e. The minimum absolute atomic E-state index is 0.0582. The highest BCUT2D eigenvalue weighted by atomic mass is 16.5. The van der Waals surface area contributed by atoms with Crippen molar-refractivity contribution in [2.45, 2.75) is 19.9 Å². The van der Waals surface area contributed by atoms with Gasteiger partial charge in [0.25, 0.3) is 5.91 Å². The summed E-state index contributed by atoms with van der Waals surface area (Å²) in [7, 11) is 0. The van der Waals surface area contributed by atoms with Crippen LogP contribution in [-0.2, 0) is 4.79 Å². The first-order valence-electron chi connectivity index (χ1n) is 10.5. The zero-order valence-corrected chi connectivity index (χ0v) is 18.1. The van der Waals surface area contributed by atoms with E-state index in [4.69, 9.17) is 9.72 Å². The molecule has 3 N–H and O–H groups in total. The van der Waals surface area contributed by atoms with Crippen LogP contribution >= 0.6 is 0 Å². The van der Waals surface area contributed by atoms with Crippen molar-refractivity contribution >= 4 is 33.8 Å². The number of carbonyl (C=O) groups is 1. The average molecular weight is 442 g/mol. The highest BCUT2D eigenvalue weighted by Gasteiger charge is 2.12. The van der Waals surface area contributed by atoms with Crippen molar-refractivity contribution in [1.82, 2.24) is 35.1 Å². The van der Waals surface area contributed by atoms with Crippen LogP contribution in [0.2, 0.25) is 0 Å². The van der Waals surface area contributed by atoms with Crippen molar-refractivity contribution in [3.63, 3.8) is 0 Å². The van der Waals surface area contributed by atoms with E-state index < -0.39 is 0 Å². The predicted octanol–water partition coefficient (Wildman–Crippen LogP) is 3.31. The van der Waals surface area contributed by atoms with Gasteiger partial charge < -0.3 is 15.4 Å². The van der Waals surface area contributed by atoms with E-state index in [9.17, 15) is 4.79 Å². The number of ether oxygens (including phenoxy) is 1. The van der Waals surface area contributed by atoms with Gasteiger partial charge in [-0.25, -0.2) is 14.5 Å². The van der Waals surface area contributed by atoms with Crippen LogP contribution in [0.5, 0.6) is 5.75 Å². The summed E-state index contributed by atoms with van der Waals surface area (Å²) >= 11 is 0. The number of carbonyl (C=O) groups excluding carboxylic acids is 1. The van der Waals surface area contributed by atoms with Crippen LogP contribution < -0.4 is 15.4 Å². The van der Waals surface area contributed by atoms with Crippen molar-refractivity contribution in [3.8, 4) is 17.1 Å². The first-order valence-corrected chi connectivity index (χ1v) is 10.5. The number of aromatic nitrogens is 6. The zero-order valence-electron chi connectivity index (χ0n) is 18.1. The fourth-order valence-corrected chi connectivity index (χ4v) is 3.43. The zero-order chi connectivity index (χ0) is 22.8. The normalized spacial score (nSPS) is 11.2. The summed E-state index contributed by atoms with van der Waals surface area (Å²) < 4.78 is 7.32. The summed E-state index contributed by atoms with van der Waals surface area (Å²) in [6.07, 6.45) is 5.10. The van der Waals surface area contributed by atoms with Gasteiger partial charge in [-0.2, -0.15) is 5.10 Å². The molecule has 0 aliphatic carbocycles. The fraction of sp³-hybridized carbons (Fsp3) is 0.174. The van der Waals surface area contributed by atoms with Gasteiger partial charge in [-0.15, -0.1) is 5.10 Å². The van der Waals surface area contributed by atoms with Crippen molar-refractivity contribution < 1.29 is 9.53 Å². The largest absolute Gasteiger partial charge is 0.484 e. The number of fused-ring (bicyclic) bond motifs is 2. The van der Waals surface area contributed by atoms with Crippen LogP contribution in [0, 0.1) is 0 Å². The van der Waals surface area contributed by atoms with Gasteiger partial charge in [0.1, 0.15) is 17.6 Å². The predicted molar refractivity (Wildman–Crippen MR) is 124 cm³/mol. The second kappa shape index (κ2) is 8.58. The topological polar surface area (TPSA) is 122 Å². The summed E-state index contributed by atoms with van der Waals surface area (Å²) in [6, 6.07) is 13.3. The molecule has 10 heteroatoms. The van der Waals surface area contributed by atoms with E-state index in [1.54, 1.807) is 29.3 Å². The number of nitrogens with zero attached hydrogens (tertiary/aromatic N) is 5. The number of hydrogen-bond acceptors (Lipinski definition) is 7. The monoisotopic (exact) mass is 442 g/mol. The van der Waals surface area contributed by atoms with Crippen molar-refractivity contribution in [3.05, 3.63) is 61.2 Å². The quantitative estimate of drug-likeness (QED) is 0.353. The number of nitrogens with one attached hydrogen (secondary N) is 3. The Morgan fingerprint density at radius 2 is 2.09 bits per heavy atom. The molecule has 0 bridgehead atoms. The molecule has 0 saturated carbocycles. The molecule has 1 amide bonds. The molecule has 33 heavy (non-hydrogen) atoms. The summed E-state index contributed by atoms with van der Waals surface area (Å²) in [6.45, 7) is 3.74. The Morgan fingerprint density at radius 3 is 2.97 bits per heavy atom. The first kappa shape index (κ1) is 20.4. The minimum Gasteiger partial charge on any atom is -0.484 e. The molecule has 0 fully saturated rings. The molecule has 0 aliphatic rings. The van der Waals surface area contributed by atoms with Crippen molar-refractivity contribution in [1.29, 1.82) is 0 Å². The van der Waals surface area contributed by atoms with Crippen LogP contribution in [-0.4, -0.2) is 48.3 Å². The third kappa shape index (κ3) is 4.45. The standard InChI is InChI=1S/C23H22N8O2/c1-14(2)26-21(32)12-33-18-5-3-4-15(9-18)22-28-23(20-11-24-13-31(20)30-22)27-17-6-7-19-16(8-17)10-25-29-19/h3-11,13-14H,12H2,1-2H3,(H,25,29)(H,26,32)(H,27,28,30). The average Bonchev–Trinajstić information content (AvgIpc) is 3.46. The van der Waals surface area contributed by atoms with Gasteiger partial charge in [0.2, 0.25) is 0 Å². The molecule has 0 spiro atoms. The maximum absolute atomic E-state index is 11.9. The SMILES string of the molecule is CC(C)NC(=O)COc1cccc(-c2nc(Nc3ccc4[nH]ncc4c3)c3cncn3n2)c1. The fourth-order valence-electron chi connectivity index (χ4n) is 3.43. The smallest absolute Gasteiger partial charge is 0.258 e. The Hall–Kier alpha value is -4.47. The van der Waals surface area contributed by atoms with E-state index in [0.717, 1.165) is 27.7 Å². The molecule has 0 radical (unpaired) electrons. The number of amides is 1. The van der Waals surface area contributed by atoms with Crippen molar-refractivity contribution in [2.75, 3.05) is 11.9 Å². The highest BCUT2D eigenvalue weighted by molar-refractivity contribution is 5.84. The Kier molecular flexibility index (Phi) is 5.31. The number of imidazole rings is 1. The third-order valence-electron chi connectivity index (χ3n) is 4.90. The third-order valence-corrected chi connectivity index (χ3v) is 4.90. The van der Waals surface area contributed by atoms with Gasteiger partial charge in [0.05, 0.1) is 17.9 Å². The molecule has 5 rings (SSSR count). The number of hydrogen-bond donors (Lipinski definition) is 3. The Balaban J connectivity index is 1.43. The maximum atomic E-state index is 11.9. The molecule has 0 aliphatic heterocycles. The molecule has 166 valence electrons. The van der Waals surface area contributed by atoms with E-state index in [1.807, 2.05) is 50.2 Å². The van der Waals surface area contributed by atoms with Gasteiger partial charge in [0.15, 0.2) is 18.2 Å². The van der Waals surface area contributed by atoms with E-state index in [-0.39, 0.29) is 18.6 Å². The molecular formula is C23H22N8O2. The van der Waals surface area contributed by atoms with Crippen LogP contribution in [0.4, 0.5) is 11.5 Å². The molecule has 10 nitrogen and oxygen atoms in total. The van der Waals surface area contributed by atoms with E-state index >= 15 is 0 Å². The van der Waals surface area contributed by atoms with Crippen LogP contribution in [0.1, 0.15) is 13.8 Å². The lowest BCUT2D eigenvalue weighted by Crippen LogP contribution is -2.34. The Bertz CT molecular complexity index is 1440. The van der Waals surface area contributed by atoms with E-state index in [1.165, 1.54) is 0 Å². The Morgan fingerprint density at radius 1 is 1.18 bits per heavy atom. The van der Waals surface area contributed by atoms with Gasteiger partial charge in [0, 0.05) is 22.7 Å². The lowest BCUT2D eigenvalue weighted by atomic mass is 10.2. The summed E-state index contributed by atoms with van der Waals surface area (Å²) in [5.74, 6) is 1.49. The van der Waals surface area contributed by atoms with E-state index in [0.29, 0.717) is 17.4 Å². The second-order valence-electron chi connectivity index (χ2n) is 7.84. The Labute approximate surface area is 189 Å². The molecule has 3 aromatic heterocycles. The molecule has 0 atom stereocenters. The number of benzene rings is 2. The van der Waals surface area contributed by atoms with Gasteiger partial charge in [-0.1, -0.05) is 12.1 Å². The molecular weight excluding hydrogens is 420 g/mol. The first-order chi connectivity index (χ1) is 16.0. The lowest BCUT2D eigenvalue weighted by Gasteiger charge is -2.11. The second-order valence-corrected chi connectivity index (χ2v) is 7.84. The number of rotatable bonds is 7. The van der Waals surface area contributed by atoms with Crippen LogP contribution in [0.3, 0.4) is 0 Å². The van der Waals surface area contributed by atoms with Crippen molar-refractivity contribution in [2.24, 2.45) is 0 Å². The molecule has 5 aromatic rings. The van der Waals surface area contributed by atoms with Gasteiger partial charge >= 0.3 is 0 Å². The van der Waals surface area contributed by atoms with Crippen LogP contribution in [0.25, 0.3) is 27.8 Å². The van der Waals surface area contributed by atoms with Gasteiger partial charge in [-0.05, 0) is 44.2 Å². The van der Waals surface area contributed by atoms with E-state index in [2.05, 4.69) is 30.9 Å². The number of aromatic amines is 1. The molecule has 3 heterocycles. The molecule has 0 unspecified atom stereocenters. The molecule has 0 saturated heterocycles. The number of H-pyrrole nitrogens is 1. The number of anilines is 2. The summed E-state index contributed by atoms with van der Waals surface area (Å²) in [5.41, 5.74) is 3.31. The van der Waals surface area contributed by atoms with Gasteiger partial charge in [-0.3, -0.25) is 9.89 Å².